The lowest BCUT2D eigenvalue weighted by atomic mass is 9.95. The van der Waals surface area contributed by atoms with Gasteiger partial charge in [-0.15, -0.1) is 11.3 Å². The molecule has 1 N–H and O–H groups in total. The molecule has 0 spiro atoms. The normalized spacial score (nSPS) is 17.3. The fourth-order valence-corrected chi connectivity index (χ4v) is 5.30. The monoisotopic (exact) mass is 467 g/mol. The number of methoxy groups -OCH3 is 2. The molecule has 1 aromatic heterocycles. The maximum Gasteiger partial charge on any atom is 0.320 e. The van der Waals surface area contributed by atoms with Crippen LogP contribution in [0.3, 0.4) is 0 Å². The van der Waals surface area contributed by atoms with Gasteiger partial charge in [0.2, 0.25) is 5.75 Å². The third-order valence-corrected chi connectivity index (χ3v) is 6.92. The molecular formula is C26H29NO5S. The summed E-state index contributed by atoms with van der Waals surface area (Å²) in [7, 11) is 3.21. The smallest absolute Gasteiger partial charge is 0.320 e. The number of ether oxygens (including phenoxy) is 3. The van der Waals surface area contributed by atoms with Gasteiger partial charge in [-0.05, 0) is 54.1 Å². The highest BCUT2D eigenvalue weighted by Crippen LogP contribution is 2.44. The third kappa shape index (κ3) is 5.15. The summed E-state index contributed by atoms with van der Waals surface area (Å²) in [6.45, 7) is 1.10. The number of piperidine rings is 1. The lowest BCUT2D eigenvalue weighted by Gasteiger charge is -2.39. The summed E-state index contributed by atoms with van der Waals surface area (Å²) < 4.78 is 17.5. The summed E-state index contributed by atoms with van der Waals surface area (Å²) in [4.78, 5) is 15.3. The molecule has 0 amide bonds. The number of carboxylic acids is 1. The van der Waals surface area contributed by atoms with Gasteiger partial charge in [-0.3, -0.25) is 9.69 Å². The van der Waals surface area contributed by atoms with Crippen molar-refractivity contribution >= 4 is 17.3 Å². The van der Waals surface area contributed by atoms with Crippen LogP contribution in [0, 0.1) is 0 Å². The van der Waals surface area contributed by atoms with Crippen molar-refractivity contribution in [1.82, 2.24) is 4.90 Å². The fourth-order valence-electron chi connectivity index (χ4n) is 4.42. The van der Waals surface area contributed by atoms with Crippen LogP contribution in [0.25, 0.3) is 0 Å². The van der Waals surface area contributed by atoms with Gasteiger partial charge in [0.05, 0.1) is 20.3 Å². The molecule has 1 saturated heterocycles. The van der Waals surface area contributed by atoms with Crippen LogP contribution in [0.5, 0.6) is 17.2 Å². The van der Waals surface area contributed by atoms with E-state index in [1.165, 1.54) is 0 Å². The van der Waals surface area contributed by atoms with Crippen molar-refractivity contribution in [2.75, 3.05) is 20.8 Å². The molecule has 1 aliphatic rings. The molecule has 1 fully saturated rings. The van der Waals surface area contributed by atoms with Gasteiger partial charge in [0.15, 0.2) is 11.5 Å². The number of rotatable bonds is 9. The van der Waals surface area contributed by atoms with Gasteiger partial charge in [-0.2, -0.15) is 0 Å². The molecule has 0 aliphatic carbocycles. The average molecular weight is 468 g/mol. The average Bonchev–Trinajstić information content (AvgIpc) is 3.38. The van der Waals surface area contributed by atoms with Gasteiger partial charge in [-0.25, -0.2) is 0 Å². The molecule has 0 bridgehead atoms. The molecule has 2 aromatic carbocycles. The zero-order chi connectivity index (χ0) is 23.2. The minimum absolute atomic E-state index is 0.211. The summed E-state index contributed by atoms with van der Waals surface area (Å²) in [6, 6.07) is 17.1. The van der Waals surface area contributed by atoms with Crippen molar-refractivity contribution in [2.24, 2.45) is 0 Å². The molecule has 2 unspecified atom stereocenters. The van der Waals surface area contributed by atoms with E-state index in [-0.39, 0.29) is 6.04 Å². The Morgan fingerprint density at radius 3 is 2.42 bits per heavy atom. The second-order valence-corrected chi connectivity index (χ2v) is 9.01. The summed E-state index contributed by atoms with van der Waals surface area (Å²) in [5, 5.41) is 11.9. The largest absolute Gasteiger partial charge is 0.493 e. The molecular weight excluding hydrogens is 438 g/mol. The number of aliphatic carboxylic acids is 1. The van der Waals surface area contributed by atoms with Gasteiger partial charge >= 0.3 is 5.97 Å². The van der Waals surface area contributed by atoms with Crippen LogP contribution in [-0.2, 0) is 11.4 Å². The minimum Gasteiger partial charge on any atom is -0.493 e. The number of carboxylic acid groups (broad SMARTS) is 1. The Hall–Kier alpha value is -3.03. The second-order valence-electron chi connectivity index (χ2n) is 8.03. The van der Waals surface area contributed by atoms with Crippen LogP contribution < -0.4 is 14.2 Å². The van der Waals surface area contributed by atoms with Gasteiger partial charge in [0, 0.05) is 4.88 Å². The SMILES string of the molecule is COc1cc(C(c2cccs2)N2CCCCC2C(=O)O)cc(OC)c1OCc1ccccc1. The molecule has 6 nitrogen and oxygen atoms in total. The second kappa shape index (κ2) is 10.7. The summed E-state index contributed by atoms with van der Waals surface area (Å²) in [6.07, 6.45) is 2.53. The first-order valence-electron chi connectivity index (χ1n) is 11.1. The molecule has 33 heavy (non-hydrogen) atoms. The number of benzene rings is 2. The molecule has 7 heteroatoms. The number of likely N-dealkylation sites (tertiary alicyclic amines) is 1. The molecule has 3 aromatic rings. The molecule has 2 atom stereocenters. The summed E-state index contributed by atoms with van der Waals surface area (Å²) in [5.74, 6) is 0.875. The van der Waals surface area contributed by atoms with Gasteiger partial charge in [0.25, 0.3) is 0 Å². The van der Waals surface area contributed by atoms with Crippen molar-refractivity contribution < 1.29 is 24.1 Å². The van der Waals surface area contributed by atoms with Gasteiger partial charge < -0.3 is 19.3 Å². The molecule has 1 aliphatic heterocycles. The fraction of sp³-hybridized carbons (Fsp3) is 0.346. The lowest BCUT2D eigenvalue weighted by Crippen LogP contribution is -2.46. The van der Waals surface area contributed by atoms with Crippen molar-refractivity contribution in [2.45, 2.75) is 38.0 Å². The highest BCUT2D eigenvalue weighted by Gasteiger charge is 2.36. The molecule has 2 heterocycles. The van der Waals surface area contributed by atoms with E-state index in [0.717, 1.165) is 35.4 Å². The molecule has 174 valence electrons. The number of nitrogens with zero attached hydrogens (tertiary/aromatic N) is 1. The van der Waals surface area contributed by atoms with E-state index in [4.69, 9.17) is 14.2 Å². The van der Waals surface area contributed by atoms with Gasteiger partial charge in [-0.1, -0.05) is 42.8 Å². The van der Waals surface area contributed by atoms with Crippen LogP contribution in [0.4, 0.5) is 0 Å². The molecule has 0 radical (unpaired) electrons. The lowest BCUT2D eigenvalue weighted by molar-refractivity contribution is -0.145. The van der Waals surface area contributed by atoms with Crippen LogP contribution in [-0.4, -0.2) is 42.8 Å². The van der Waals surface area contributed by atoms with Crippen LogP contribution >= 0.6 is 11.3 Å². The van der Waals surface area contributed by atoms with Crippen molar-refractivity contribution in [3.05, 3.63) is 76.0 Å². The van der Waals surface area contributed by atoms with E-state index < -0.39 is 12.0 Å². The summed E-state index contributed by atoms with van der Waals surface area (Å²) in [5.41, 5.74) is 1.96. The van der Waals surface area contributed by atoms with Crippen molar-refractivity contribution in [3.8, 4) is 17.2 Å². The highest BCUT2D eigenvalue weighted by molar-refractivity contribution is 7.10. The summed E-state index contributed by atoms with van der Waals surface area (Å²) >= 11 is 1.62. The van der Waals surface area contributed by atoms with Crippen LogP contribution in [0.2, 0.25) is 0 Å². The Morgan fingerprint density at radius 1 is 1.09 bits per heavy atom. The van der Waals surface area contributed by atoms with E-state index in [1.54, 1.807) is 25.6 Å². The van der Waals surface area contributed by atoms with E-state index >= 15 is 0 Å². The quantitative estimate of drug-likeness (QED) is 0.456. The number of hydrogen-bond acceptors (Lipinski definition) is 6. The standard InChI is InChI=1S/C26H29NO5S/c1-30-21-15-19(16-22(31-2)25(21)32-17-18-9-4-3-5-10-18)24(23-12-8-14-33-23)27-13-7-6-11-20(27)26(28)29/h3-5,8-10,12,14-16,20,24H,6-7,11,13,17H2,1-2H3,(H,28,29). The minimum atomic E-state index is -0.780. The predicted molar refractivity (Wildman–Crippen MR) is 128 cm³/mol. The van der Waals surface area contributed by atoms with E-state index in [2.05, 4.69) is 11.0 Å². The first-order chi connectivity index (χ1) is 16.1. The van der Waals surface area contributed by atoms with Crippen molar-refractivity contribution in [3.63, 3.8) is 0 Å². The Morgan fingerprint density at radius 2 is 1.82 bits per heavy atom. The first-order valence-corrected chi connectivity index (χ1v) is 11.9. The zero-order valence-electron chi connectivity index (χ0n) is 18.9. The van der Waals surface area contributed by atoms with Crippen LogP contribution in [0.15, 0.2) is 60.0 Å². The maximum atomic E-state index is 12.1. The Bertz CT molecular complexity index is 1030. The van der Waals surface area contributed by atoms with E-state index in [0.29, 0.717) is 30.3 Å². The van der Waals surface area contributed by atoms with E-state index in [1.807, 2.05) is 53.9 Å². The van der Waals surface area contributed by atoms with E-state index in [9.17, 15) is 9.90 Å². The number of hydrogen-bond donors (Lipinski definition) is 1. The van der Waals surface area contributed by atoms with Gasteiger partial charge in [0.1, 0.15) is 12.6 Å². The predicted octanol–water partition coefficient (Wildman–Crippen LogP) is 5.37. The molecule has 4 rings (SSSR count). The Labute approximate surface area is 198 Å². The number of thiophene rings is 1. The Balaban J connectivity index is 1.73. The Kier molecular flexibility index (Phi) is 7.52. The topological polar surface area (TPSA) is 68.2 Å². The zero-order valence-corrected chi connectivity index (χ0v) is 19.7. The third-order valence-electron chi connectivity index (χ3n) is 6.00. The van der Waals surface area contributed by atoms with Crippen LogP contribution in [0.1, 0.15) is 41.3 Å². The first kappa shape index (κ1) is 23.1. The maximum absolute atomic E-state index is 12.1. The molecule has 0 saturated carbocycles. The number of carbonyl (C=O) groups is 1. The highest BCUT2D eigenvalue weighted by atomic mass is 32.1. The van der Waals surface area contributed by atoms with Crippen molar-refractivity contribution in [1.29, 1.82) is 0 Å².